The van der Waals surface area contributed by atoms with Crippen LogP contribution in [0.25, 0.3) is 0 Å². The van der Waals surface area contributed by atoms with Crippen molar-refractivity contribution in [2.45, 2.75) is 32.7 Å². The molecule has 2 heterocycles. The number of benzene rings is 2. The summed E-state index contributed by atoms with van der Waals surface area (Å²) in [5, 5.41) is 2.81. The van der Waals surface area contributed by atoms with E-state index in [4.69, 9.17) is 9.47 Å². The standard InChI is InChI=1S/C26H33N3O6S/c1-18-5-7-22(8-6-18)29-17-21(15-25(29)30)26(31)27-10-4-12-36(32,33)28-11-9-19-13-23(34-2)24(35-3)14-20(19)16-28/h5-8,13-14,21H,4,9-12,15-17H2,1-3H3,(H,27,31). The molecule has 1 unspecified atom stereocenters. The fourth-order valence-electron chi connectivity index (χ4n) is 4.69. The average Bonchev–Trinajstić information content (AvgIpc) is 3.27. The van der Waals surface area contributed by atoms with Crippen LogP contribution < -0.4 is 19.7 Å². The van der Waals surface area contributed by atoms with E-state index < -0.39 is 15.9 Å². The van der Waals surface area contributed by atoms with Crippen LogP contribution >= 0.6 is 0 Å². The van der Waals surface area contributed by atoms with Gasteiger partial charge in [0.1, 0.15) is 0 Å². The number of amides is 2. The number of fused-ring (bicyclic) bond motifs is 1. The smallest absolute Gasteiger partial charge is 0.227 e. The Morgan fingerprint density at radius 1 is 1.08 bits per heavy atom. The Morgan fingerprint density at radius 2 is 1.75 bits per heavy atom. The van der Waals surface area contributed by atoms with Crippen molar-refractivity contribution in [1.29, 1.82) is 0 Å². The van der Waals surface area contributed by atoms with Crippen molar-refractivity contribution in [2.24, 2.45) is 5.92 Å². The van der Waals surface area contributed by atoms with Crippen molar-refractivity contribution < 1.29 is 27.5 Å². The summed E-state index contributed by atoms with van der Waals surface area (Å²) in [5.74, 6) is 0.402. The van der Waals surface area contributed by atoms with Crippen molar-refractivity contribution in [2.75, 3.05) is 44.5 Å². The highest BCUT2D eigenvalue weighted by atomic mass is 32.2. The number of aryl methyl sites for hydroxylation is 1. The van der Waals surface area contributed by atoms with Gasteiger partial charge in [-0.2, -0.15) is 4.31 Å². The predicted octanol–water partition coefficient (Wildman–Crippen LogP) is 2.26. The average molecular weight is 516 g/mol. The number of nitrogens with zero attached hydrogens (tertiary/aromatic N) is 2. The molecule has 194 valence electrons. The van der Waals surface area contributed by atoms with Gasteiger partial charge in [0, 0.05) is 38.3 Å². The number of methoxy groups -OCH3 is 2. The Labute approximate surface area is 212 Å². The maximum absolute atomic E-state index is 12.9. The molecular weight excluding hydrogens is 482 g/mol. The van der Waals surface area contributed by atoms with E-state index in [0.717, 1.165) is 22.4 Å². The van der Waals surface area contributed by atoms with E-state index in [0.29, 0.717) is 37.4 Å². The van der Waals surface area contributed by atoms with E-state index in [1.807, 2.05) is 43.3 Å². The number of nitrogens with one attached hydrogen (secondary N) is 1. The zero-order valence-corrected chi connectivity index (χ0v) is 21.8. The van der Waals surface area contributed by atoms with Gasteiger partial charge in [-0.05, 0) is 55.2 Å². The minimum atomic E-state index is -3.49. The van der Waals surface area contributed by atoms with Gasteiger partial charge < -0.3 is 19.7 Å². The molecule has 1 N–H and O–H groups in total. The predicted molar refractivity (Wildman–Crippen MR) is 137 cm³/mol. The molecule has 2 aliphatic rings. The van der Waals surface area contributed by atoms with Crippen molar-refractivity contribution in [3.63, 3.8) is 0 Å². The van der Waals surface area contributed by atoms with E-state index in [9.17, 15) is 18.0 Å². The van der Waals surface area contributed by atoms with Gasteiger partial charge in [0.2, 0.25) is 21.8 Å². The first-order valence-corrected chi connectivity index (χ1v) is 13.7. The molecule has 1 saturated heterocycles. The lowest BCUT2D eigenvalue weighted by atomic mass is 10.0. The summed E-state index contributed by atoms with van der Waals surface area (Å²) in [7, 11) is -0.358. The van der Waals surface area contributed by atoms with E-state index in [-0.39, 0.29) is 37.1 Å². The molecule has 1 atom stereocenters. The molecule has 36 heavy (non-hydrogen) atoms. The van der Waals surface area contributed by atoms with Crippen LogP contribution in [0.1, 0.15) is 29.5 Å². The Bertz CT molecular complexity index is 1230. The Kier molecular flexibility index (Phi) is 7.85. The summed E-state index contributed by atoms with van der Waals surface area (Å²) in [6, 6.07) is 11.4. The highest BCUT2D eigenvalue weighted by molar-refractivity contribution is 7.89. The van der Waals surface area contributed by atoms with Crippen molar-refractivity contribution in [3.8, 4) is 11.5 Å². The molecule has 2 aromatic rings. The Balaban J connectivity index is 1.26. The molecule has 0 aromatic heterocycles. The van der Waals surface area contributed by atoms with Gasteiger partial charge in [0.15, 0.2) is 11.5 Å². The van der Waals surface area contributed by atoms with Crippen LogP contribution in [-0.2, 0) is 32.6 Å². The topological polar surface area (TPSA) is 105 Å². The highest BCUT2D eigenvalue weighted by Gasteiger charge is 2.35. The third-order valence-electron chi connectivity index (χ3n) is 6.80. The van der Waals surface area contributed by atoms with Crippen molar-refractivity contribution >= 4 is 27.5 Å². The van der Waals surface area contributed by atoms with Gasteiger partial charge in [-0.25, -0.2) is 8.42 Å². The van der Waals surface area contributed by atoms with E-state index in [1.165, 1.54) is 4.31 Å². The molecule has 2 aliphatic heterocycles. The molecule has 4 rings (SSSR count). The number of sulfonamides is 1. The first-order valence-electron chi connectivity index (χ1n) is 12.1. The monoisotopic (exact) mass is 515 g/mol. The van der Waals surface area contributed by atoms with Crippen molar-refractivity contribution in [1.82, 2.24) is 9.62 Å². The Morgan fingerprint density at radius 3 is 2.42 bits per heavy atom. The molecule has 10 heteroatoms. The molecule has 1 fully saturated rings. The lowest BCUT2D eigenvalue weighted by Gasteiger charge is -2.29. The zero-order chi connectivity index (χ0) is 25.9. The maximum Gasteiger partial charge on any atom is 0.227 e. The highest BCUT2D eigenvalue weighted by Crippen LogP contribution is 2.34. The SMILES string of the molecule is COc1cc2c(cc1OC)CN(S(=O)(=O)CCCNC(=O)C1CC(=O)N(c3ccc(C)cc3)C1)CC2. The fourth-order valence-corrected chi connectivity index (χ4v) is 6.16. The van der Waals surface area contributed by atoms with Crippen LogP contribution in [-0.4, -0.2) is 64.1 Å². The van der Waals surface area contributed by atoms with Gasteiger partial charge in [0.05, 0.1) is 25.9 Å². The molecular formula is C26H33N3O6S. The number of carbonyl (C=O) groups is 2. The van der Waals surface area contributed by atoms with Crippen LogP contribution in [0.5, 0.6) is 11.5 Å². The van der Waals surface area contributed by atoms with Gasteiger partial charge in [0.25, 0.3) is 0 Å². The van der Waals surface area contributed by atoms with Crippen LogP contribution in [0.15, 0.2) is 36.4 Å². The zero-order valence-electron chi connectivity index (χ0n) is 21.0. The second kappa shape index (κ2) is 10.9. The third-order valence-corrected chi connectivity index (χ3v) is 8.70. The molecule has 2 aromatic carbocycles. The second-order valence-electron chi connectivity index (χ2n) is 9.26. The van der Waals surface area contributed by atoms with E-state index in [2.05, 4.69) is 5.32 Å². The minimum Gasteiger partial charge on any atom is -0.493 e. The van der Waals surface area contributed by atoms with E-state index >= 15 is 0 Å². The minimum absolute atomic E-state index is 0.0605. The lowest BCUT2D eigenvalue weighted by Crippen LogP contribution is -2.39. The molecule has 0 spiro atoms. The normalized spacial score (nSPS) is 18.1. The summed E-state index contributed by atoms with van der Waals surface area (Å²) >= 11 is 0. The maximum atomic E-state index is 12.9. The Hall–Kier alpha value is -3.11. The summed E-state index contributed by atoms with van der Waals surface area (Å²) in [6.07, 6.45) is 1.05. The quantitative estimate of drug-likeness (QED) is 0.514. The number of rotatable bonds is 9. The fraction of sp³-hybridized carbons (Fsp3) is 0.462. The first kappa shape index (κ1) is 26.0. The number of ether oxygens (including phenoxy) is 2. The lowest BCUT2D eigenvalue weighted by molar-refractivity contribution is -0.126. The van der Waals surface area contributed by atoms with Crippen molar-refractivity contribution in [3.05, 3.63) is 53.1 Å². The molecule has 0 aliphatic carbocycles. The van der Waals surface area contributed by atoms with Gasteiger partial charge in [-0.3, -0.25) is 9.59 Å². The molecule has 2 amide bonds. The summed E-state index contributed by atoms with van der Waals surface area (Å²) in [6.45, 7) is 3.22. The first-order chi connectivity index (χ1) is 17.2. The molecule has 0 bridgehead atoms. The number of hydrogen-bond acceptors (Lipinski definition) is 6. The number of anilines is 1. The third kappa shape index (κ3) is 5.65. The molecule has 9 nitrogen and oxygen atoms in total. The van der Waals surface area contributed by atoms with Crippen LogP contribution in [0.3, 0.4) is 0 Å². The van der Waals surface area contributed by atoms with Gasteiger partial charge in [-0.1, -0.05) is 17.7 Å². The van der Waals surface area contributed by atoms with Gasteiger partial charge in [-0.15, -0.1) is 0 Å². The molecule has 0 radical (unpaired) electrons. The second-order valence-corrected chi connectivity index (χ2v) is 11.3. The summed E-state index contributed by atoms with van der Waals surface area (Å²) in [4.78, 5) is 26.7. The summed E-state index contributed by atoms with van der Waals surface area (Å²) < 4.78 is 38.1. The van der Waals surface area contributed by atoms with Crippen LogP contribution in [0.4, 0.5) is 5.69 Å². The number of hydrogen-bond donors (Lipinski definition) is 1. The van der Waals surface area contributed by atoms with Gasteiger partial charge >= 0.3 is 0 Å². The summed E-state index contributed by atoms with van der Waals surface area (Å²) in [5.41, 5.74) is 3.84. The number of carbonyl (C=O) groups excluding carboxylic acids is 2. The largest absolute Gasteiger partial charge is 0.493 e. The van der Waals surface area contributed by atoms with E-state index in [1.54, 1.807) is 19.1 Å². The van der Waals surface area contributed by atoms with Crippen LogP contribution in [0.2, 0.25) is 0 Å². The van der Waals surface area contributed by atoms with Crippen LogP contribution in [0, 0.1) is 12.8 Å². The molecule has 0 saturated carbocycles.